The van der Waals surface area contributed by atoms with Gasteiger partial charge in [0.05, 0.1) is 5.52 Å². The molecular weight excluding hydrogens is 376 g/mol. The second kappa shape index (κ2) is 7.44. The Morgan fingerprint density at radius 1 is 1.07 bits per heavy atom. The van der Waals surface area contributed by atoms with Crippen LogP contribution in [0.15, 0.2) is 47.3 Å². The summed E-state index contributed by atoms with van der Waals surface area (Å²) in [4.78, 5) is 29.8. The van der Waals surface area contributed by atoms with Crippen LogP contribution < -0.4 is 10.9 Å². The fourth-order valence-electron chi connectivity index (χ4n) is 4.37. The zero-order valence-electron chi connectivity index (χ0n) is 18.0. The van der Waals surface area contributed by atoms with E-state index >= 15 is 0 Å². The monoisotopic (exact) mass is 402 g/mol. The van der Waals surface area contributed by atoms with Gasteiger partial charge in [-0.1, -0.05) is 36.8 Å². The van der Waals surface area contributed by atoms with E-state index in [1.165, 1.54) is 11.6 Å². The number of aromatic nitrogens is 3. The zero-order valence-corrected chi connectivity index (χ0v) is 18.0. The highest BCUT2D eigenvalue weighted by molar-refractivity contribution is 5.98. The van der Waals surface area contributed by atoms with Gasteiger partial charge >= 0.3 is 0 Å². The number of aryl methyl sites for hydroxylation is 4. The molecule has 1 atom stereocenters. The Bertz CT molecular complexity index is 1320. The lowest BCUT2D eigenvalue weighted by atomic mass is 10.0. The van der Waals surface area contributed by atoms with E-state index in [0.29, 0.717) is 12.1 Å². The first-order valence-corrected chi connectivity index (χ1v) is 10.2. The fraction of sp³-hybridized carbons (Fsp3) is 0.292. The molecule has 2 aromatic heterocycles. The Kier molecular flexibility index (Phi) is 4.94. The molecule has 2 aromatic carbocycles. The molecule has 1 N–H and O–H groups in total. The summed E-state index contributed by atoms with van der Waals surface area (Å²) in [5.74, 6) is -0.0895. The smallest absolute Gasteiger partial charge is 0.273 e. The standard InChI is InChI=1S/C24H26N4O2/c1-6-19(24(30)26-22-15(3)11-14(2)12-16(22)4)28-20-10-8-7-9-18(20)23-25-21(29)13-17(5)27(23)28/h7-13,19H,6H2,1-5H3,(H,26,30). The predicted molar refractivity (Wildman–Crippen MR) is 120 cm³/mol. The van der Waals surface area contributed by atoms with Gasteiger partial charge in [-0.3, -0.25) is 14.3 Å². The number of amides is 1. The van der Waals surface area contributed by atoms with E-state index in [1.54, 1.807) is 0 Å². The first kappa shape index (κ1) is 19.9. The highest BCUT2D eigenvalue weighted by Crippen LogP contribution is 2.28. The molecule has 0 aliphatic rings. The van der Waals surface area contributed by atoms with E-state index in [9.17, 15) is 9.59 Å². The van der Waals surface area contributed by atoms with Crippen LogP contribution in [0, 0.1) is 27.7 Å². The quantitative estimate of drug-likeness (QED) is 0.547. The molecule has 30 heavy (non-hydrogen) atoms. The minimum absolute atomic E-state index is 0.0895. The number of carbonyl (C=O) groups excluding carboxylic acids is 1. The number of rotatable bonds is 4. The first-order chi connectivity index (χ1) is 14.3. The van der Waals surface area contributed by atoms with Crippen LogP contribution in [0.1, 0.15) is 41.8 Å². The largest absolute Gasteiger partial charge is 0.324 e. The summed E-state index contributed by atoms with van der Waals surface area (Å²) in [6.07, 6.45) is 0.592. The summed E-state index contributed by atoms with van der Waals surface area (Å²) in [5, 5.41) is 4.00. The van der Waals surface area contributed by atoms with Gasteiger partial charge in [0, 0.05) is 22.8 Å². The van der Waals surface area contributed by atoms with Crippen molar-refractivity contribution in [1.29, 1.82) is 0 Å². The van der Waals surface area contributed by atoms with E-state index in [-0.39, 0.29) is 11.5 Å². The van der Waals surface area contributed by atoms with Crippen LogP contribution >= 0.6 is 0 Å². The van der Waals surface area contributed by atoms with Crippen molar-refractivity contribution >= 4 is 28.1 Å². The molecule has 4 rings (SSSR count). The van der Waals surface area contributed by atoms with Crippen LogP contribution in [0.5, 0.6) is 0 Å². The molecule has 6 heteroatoms. The van der Waals surface area contributed by atoms with Crippen LogP contribution in [0.2, 0.25) is 0 Å². The minimum atomic E-state index is -0.462. The highest BCUT2D eigenvalue weighted by atomic mass is 16.2. The summed E-state index contributed by atoms with van der Waals surface area (Å²) in [7, 11) is 0. The van der Waals surface area contributed by atoms with Crippen molar-refractivity contribution in [3.63, 3.8) is 0 Å². The molecule has 0 saturated heterocycles. The molecule has 6 nitrogen and oxygen atoms in total. The summed E-state index contributed by atoms with van der Waals surface area (Å²) >= 11 is 0. The van der Waals surface area contributed by atoms with E-state index in [1.807, 2.05) is 61.2 Å². The van der Waals surface area contributed by atoms with Gasteiger partial charge in [-0.05, 0) is 57.4 Å². The number of anilines is 1. The van der Waals surface area contributed by atoms with Crippen molar-refractivity contribution in [1.82, 2.24) is 14.2 Å². The SMILES string of the molecule is CCC(C(=O)Nc1c(C)cc(C)cc1C)n1c2ccccc2c2nc(=O)cc(C)n21. The number of benzene rings is 2. The molecule has 0 aliphatic heterocycles. The summed E-state index contributed by atoms with van der Waals surface area (Å²) in [6.45, 7) is 9.93. The van der Waals surface area contributed by atoms with E-state index in [4.69, 9.17) is 0 Å². The second-order valence-electron chi connectivity index (χ2n) is 7.92. The van der Waals surface area contributed by atoms with Crippen LogP contribution in [0.3, 0.4) is 0 Å². The Balaban J connectivity index is 1.89. The summed E-state index contributed by atoms with van der Waals surface area (Å²) in [5.41, 5.74) is 6.02. The Morgan fingerprint density at radius 3 is 2.40 bits per heavy atom. The Hall–Kier alpha value is -3.41. The number of hydrogen-bond donors (Lipinski definition) is 1. The van der Waals surface area contributed by atoms with Gasteiger partial charge in [-0.15, -0.1) is 0 Å². The molecule has 154 valence electrons. The second-order valence-corrected chi connectivity index (χ2v) is 7.92. The third-order valence-electron chi connectivity index (χ3n) is 5.60. The van der Waals surface area contributed by atoms with Gasteiger partial charge in [0.25, 0.3) is 5.56 Å². The molecule has 0 spiro atoms. The maximum Gasteiger partial charge on any atom is 0.273 e. The van der Waals surface area contributed by atoms with Gasteiger partial charge in [0.1, 0.15) is 6.04 Å². The third-order valence-corrected chi connectivity index (χ3v) is 5.60. The molecule has 4 aromatic rings. The van der Waals surface area contributed by atoms with E-state index < -0.39 is 6.04 Å². The molecule has 1 unspecified atom stereocenters. The minimum Gasteiger partial charge on any atom is -0.324 e. The van der Waals surface area contributed by atoms with Crippen LogP contribution in [0.4, 0.5) is 5.69 Å². The fourth-order valence-corrected chi connectivity index (χ4v) is 4.37. The first-order valence-electron chi connectivity index (χ1n) is 10.2. The summed E-state index contributed by atoms with van der Waals surface area (Å²) in [6, 6.07) is 12.9. The summed E-state index contributed by atoms with van der Waals surface area (Å²) < 4.78 is 3.84. The van der Waals surface area contributed by atoms with Crippen LogP contribution in [0.25, 0.3) is 16.6 Å². The van der Waals surface area contributed by atoms with Crippen LogP contribution in [-0.4, -0.2) is 20.1 Å². The topological polar surface area (TPSA) is 68.4 Å². The van der Waals surface area contributed by atoms with Crippen molar-refractivity contribution < 1.29 is 4.79 Å². The van der Waals surface area contributed by atoms with Gasteiger partial charge < -0.3 is 5.32 Å². The number of fused-ring (bicyclic) bond motifs is 3. The maximum absolute atomic E-state index is 13.5. The molecule has 0 radical (unpaired) electrons. The van der Waals surface area contributed by atoms with Crippen molar-refractivity contribution in [3.05, 3.63) is 75.2 Å². The third kappa shape index (κ3) is 3.18. The van der Waals surface area contributed by atoms with Gasteiger partial charge in [-0.2, -0.15) is 4.98 Å². The zero-order chi connectivity index (χ0) is 21.6. The lowest BCUT2D eigenvalue weighted by Crippen LogP contribution is -2.29. The average molecular weight is 402 g/mol. The van der Waals surface area contributed by atoms with E-state index in [2.05, 4.69) is 29.4 Å². The molecule has 2 heterocycles. The van der Waals surface area contributed by atoms with E-state index in [0.717, 1.165) is 33.4 Å². The van der Waals surface area contributed by atoms with Gasteiger partial charge in [0.2, 0.25) is 5.91 Å². The molecule has 0 fully saturated rings. The van der Waals surface area contributed by atoms with Gasteiger partial charge in [-0.25, -0.2) is 4.52 Å². The molecule has 0 saturated carbocycles. The lowest BCUT2D eigenvalue weighted by molar-refractivity contribution is -0.119. The number of nitrogens with one attached hydrogen (secondary N) is 1. The van der Waals surface area contributed by atoms with Crippen molar-refractivity contribution in [2.24, 2.45) is 0 Å². The average Bonchev–Trinajstić information content (AvgIpc) is 3.00. The van der Waals surface area contributed by atoms with Crippen molar-refractivity contribution in [2.45, 2.75) is 47.1 Å². The number of para-hydroxylation sites is 1. The van der Waals surface area contributed by atoms with Crippen molar-refractivity contribution in [2.75, 3.05) is 5.32 Å². The molecule has 0 aliphatic carbocycles. The number of carbonyl (C=O) groups is 1. The maximum atomic E-state index is 13.5. The highest BCUT2D eigenvalue weighted by Gasteiger charge is 2.25. The molecule has 0 bridgehead atoms. The lowest BCUT2D eigenvalue weighted by Gasteiger charge is -2.22. The normalized spacial score (nSPS) is 12.4. The van der Waals surface area contributed by atoms with Crippen LogP contribution in [-0.2, 0) is 4.79 Å². The Morgan fingerprint density at radius 2 is 1.73 bits per heavy atom. The van der Waals surface area contributed by atoms with Gasteiger partial charge in [0.15, 0.2) is 5.65 Å². The predicted octanol–water partition coefficient (Wildman–Crippen LogP) is 4.47. The number of hydrogen-bond acceptors (Lipinski definition) is 3. The Labute approximate surface area is 175 Å². The molecular formula is C24H26N4O2. The molecule has 1 amide bonds. The van der Waals surface area contributed by atoms with Crippen molar-refractivity contribution in [3.8, 4) is 0 Å². The number of nitrogens with zero attached hydrogens (tertiary/aromatic N) is 3.